The van der Waals surface area contributed by atoms with Crippen molar-refractivity contribution in [3.63, 3.8) is 0 Å². The average Bonchev–Trinajstić information content (AvgIpc) is 2.64. The normalized spacial score (nSPS) is 11.1. The van der Waals surface area contributed by atoms with Gasteiger partial charge < -0.3 is 9.15 Å². The summed E-state index contributed by atoms with van der Waals surface area (Å²) in [7, 11) is 0. The van der Waals surface area contributed by atoms with E-state index in [-0.39, 0.29) is 6.61 Å². The molecule has 1 heterocycles. The van der Waals surface area contributed by atoms with Crippen LogP contribution in [0.4, 0.5) is 0 Å². The SMILES string of the molecule is CSc1ccccc1C(=O)OCc1cc(=O)oc2cc(C)c(C(C)C)cc12. The number of fused-ring (bicyclic) bond motifs is 1. The molecule has 0 saturated carbocycles. The molecule has 4 nitrogen and oxygen atoms in total. The van der Waals surface area contributed by atoms with Gasteiger partial charge in [0, 0.05) is 21.9 Å². The standard InChI is InChI=1S/C22H22O4S/c1-13(2)17-11-18-15(10-21(23)26-19(18)9-14(17)3)12-25-22(24)16-7-5-6-8-20(16)27-4/h5-11,13H,12H2,1-4H3. The number of rotatable bonds is 5. The van der Waals surface area contributed by atoms with Crippen LogP contribution in [-0.4, -0.2) is 12.2 Å². The van der Waals surface area contributed by atoms with E-state index in [2.05, 4.69) is 13.8 Å². The summed E-state index contributed by atoms with van der Waals surface area (Å²) >= 11 is 1.49. The van der Waals surface area contributed by atoms with Crippen molar-refractivity contribution in [3.8, 4) is 0 Å². The summed E-state index contributed by atoms with van der Waals surface area (Å²) in [5.41, 5.74) is 3.49. The molecule has 0 aliphatic carbocycles. The van der Waals surface area contributed by atoms with E-state index in [1.165, 1.54) is 23.4 Å². The number of benzene rings is 2. The number of ether oxygens (including phenoxy) is 1. The van der Waals surface area contributed by atoms with Crippen LogP contribution in [0.3, 0.4) is 0 Å². The van der Waals surface area contributed by atoms with Gasteiger partial charge in [0.25, 0.3) is 0 Å². The van der Waals surface area contributed by atoms with Crippen LogP contribution < -0.4 is 5.63 Å². The first-order valence-corrected chi connectivity index (χ1v) is 10.0. The molecule has 0 aliphatic rings. The van der Waals surface area contributed by atoms with Gasteiger partial charge in [0.2, 0.25) is 0 Å². The maximum atomic E-state index is 12.5. The van der Waals surface area contributed by atoms with Gasteiger partial charge in [0.05, 0.1) is 5.56 Å². The summed E-state index contributed by atoms with van der Waals surface area (Å²) in [4.78, 5) is 25.3. The molecular weight excluding hydrogens is 360 g/mol. The molecule has 2 aromatic carbocycles. The zero-order valence-electron chi connectivity index (χ0n) is 15.9. The summed E-state index contributed by atoms with van der Waals surface area (Å²) in [6, 6.07) is 12.6. The van der Waals surface area contributed by atoms with Crippen molar-refractivity contribution >= 4 is 28.7 Å². The van der Waals surface area contributed by atoms with Gasteiger partial charge in [0.1, 0.15) is 12.2 Å². The molecule has 0 amide bonds. The molecule has 3 aromatic rings. The maximum Gasteiger partial charge on any atom is 0.339 e. The van der Waals surface area contributed by atoms with Gasteiger partial charge in [-0.05, 0) is 54.5 Å². The first-order chi connectivity index (χ1) is 12.9. The summed E-state index contributed by atoms with van der Waals surface area (Å²) in [6.45, 7) is 6.25. The van der Waals surface area contributed by atoms with E-state index >= 15 is 0 Å². The third-order valence-electron chi connectivity index (χ3n) is 4.52. The van der Waals surface area contributed by atoms with E-state index in [1.54, 1.807) is 12.1 Å². The molecule has 0 radical (unpaired) electrons. The molecule has 0 saturated heterocycles. The van der Waals surface area contributed by atoms with Crippen molar-refractivity contribution in [1.29, 1.82) is 0 Å². The molecule has 0 bridgehead atoms. The molecule has 0 spiro atoms. The Bertz CT molecular complexity index is 1050. The quantitative estimate of drug-likeness (QED) is 0.340. The van der Waals surface area contributed by atoms with Gasteiger partial charge >= 0.3 is 11.6 Å². The van der Waals surface area contributed by atoms with Gasteiger partial charge in [-0.1, -0.05) is 26.0 Å². The Hall–Kier alpha value is -2.53. The van der Waals surface area contributed by atoms with E-state index in [0.29, 0.717) is 22.6 Å². The van der Waals surface area contributed by atoms with Crippen LogP contribution >= 0.6 is 11.8 Å². The second kappa shape index (κ2) is 8.01. The number of hydrogen-bond acceptors (Lipinski definition) is 5. The van der Waals surface area contributed by atoms with E-state index in [0.717, 1.165) is 15.8 Å². The number of aryl methyl sites for hydroxylation is 1. The van der Waals surface area contributed by atoms with Crippen LogP contribution in [0.1, 0.15) is 46.8 Å². The Morgan fingerprint density at radius 1 is 1.19 bits per heavy atom. The molecule has 140 valence electrons. The smallest absolute Gasteiger partial charge is 0.339 e. The molecule has 0 atom stereocenters. The molecule has 1 aromatic heterocycles. The number of carbonyl (C=O) groups excluding carboxylic acids is 1. The fourth-order valence-corrected chi connectivity index (χ4v) is 3.75. The summed E-state index contributed by atoms with van der Waals surface area (Å²) in [5, 5.41) is 0.801. The molecule has 0 aliphatic heterocycles. The average molecular weight is 382 g/mol. The van der Waals surface area contributed by atoms with Gasteiger partial charge in [-0.2, -0.15) is 0 Å². The van der Waals surface area contributed by atoms with Crippen LogP contribution in [0.5, 0.6) is 0 Å². The van der Waals surface area contributed by atoms with Gasteiger partial charge in [-0.25, -0.2) is 9.59 Å². The van der Waals surface area contributed by atoms with Gasteiger partial charge in [-0.3, -0.25) is 0 Å². The minimum Gasteiger partial charge on any atom is -0.457 e. The lowest BCUT2D eigenvalue weighted by molar-refractivity contribution is 0.0469. The number of hydrogen-bond donors (Lipinski definition) is 0. The molecule has 5 heteroatoms. The molecular formula is C22H22O4S. The van der Waals surface area contributed by atoms with Crippen molar-refractivity contribution in [3.05, 3.63) is 75.1 Å². The highest BCUT2D eigenvalue weighted by atomic mass is 32.2. The Morgan fingerprint density at radius 2 is 1.93 bits per heavy atom. The second-order valence-electron chi connectivity index (χ2n) is 6.73. The molecule has 27 heavy (non-hydrogen) atoms. The minimum atomic E-state index is -0.449. The molecule has 3 rings (SSSR count). The van der Waals surface area contributed by atoms with Crippen molar-refractivity contribution in [1.82, 2.24) is 0 Å². The Balaban J connectivity index is 1.95. The monoisotopic (exact) mass is 382 g/mol. The third-order valence-corrected chi connectivity index (χ3v) is 5.32. The van der Waals surface area contributed by atoms with E-state index < -0.39 is 11.6 Å². The van der Waals surface area contributed by atoms with Crippen LogP contribution in [0.15, 0.2) is 56.6 Å². The first kappa shape index (κ1) is 19.2. The molecule has 0 unspecified atom stereocenters. The fourth-order valence-electron chi connectivity index (χ4n) is 3.17. The third kappa shape index (κ3) is 4.08. The lowest BCUT2D eigenvalue weighted by Gasteiger charge is -2.13. The van der Waals surface area contributed by atoms with Gasteiger partial charge in [0.15, 0.2) is 0 Å². The van der Waals surface area contributed by atoms with Crippen molar-refractivity contribution in [2.24, 2.45) is 0 Å². The van der Waals surface area contributed by atoms with Crippen LogP contribution in [-0.2, 0) is 11.3 Å². The van der Waals surface area contributed by atoms with Crippen LogP contribution in [0, 0.1) is 6.92 Å². The maximum absolute atomic E-state index is 12.5. The highest BCUT2D eigenvalue weighted by Crippen LogP contribution is 2.27. The Morgan fingerprint density at radius 3 is 2.63 bits per heavy atom. The van der Waals surface area contributed by atoms with Crippen molar-refractivity contribution in [2.45, 2.75) is 38.2 Å². The predicted octanol–water partition coefficient (Wildman–Crippen LogP) is 5.30. The zero-order chi connectivity index (χ0) is 19.6. The summed E-state index contributed by atoms with van der Waals surface area (Å²) in [5.74, 6) is -0.0669. The van der Waals surface area contributed by atoms with Crippen LogP contribution in [0.25, 0.3) is 11.0 Å². The van der Waals surface area contributed by atoms with E-state index in [9.17, 15) is 9.59 Å². The predicted molar refractivity (Wildman–Crippen MR) is 109 cm³/mol. The zero-order valence-corrected chi connectivity index (χ0v) is 16.7. The topological polar surface area (TPSA) is 56.5 Å². The van der Waals surface area contributed by atoms with E-state index in [4.69, 9.17) is 9.15 Å². The Labute approximate surface area is 162 Å². The lowest BCUT2D eigenvalue weighted by Crippen LogP contribution is -2.09. The minimum absolute atomic E-state index is 0.0181. The van der Waals surface area contributed by atoms with Gasteiger partial charge in [-0.15, -0.1) is 11.8 Å². The number of esters is 1. The fraction of sp³-hybridized carbons (Fsp3) is 0.273. The summed E-state index contributed by atoms with van der Waals surface area (Å²) in [6.07, 6.45) is 1.91. The number of thioether (sulfide) groups is 1. The molecule has 0 N–H and O–H groups in total. The first-order valence-electron chi connectivity index (χ1n) is 8.78. The highest BCUT2D eigenvalue weighted by molar-refractivity contribution is 7.98. The summed E-state index contributed by atoms with van der Waals surface area (Å²) < 4.78 is 10.9. The van der Waals surface area contributed by atoms with Crippen LogP contribution in [0.2, 0.25) is 0 Å². The Kier molecular flexibility index (Phi) is 5.71. The van der Waals surface area contributed by atoms with Crippen molar-refractivity contribution < 1.29 is 13.9 Å². The largest absolute Gasteiger partial charge is 0.457 e. The second-order valence-corrected chi connectivity index (χ2v) is 7.57. The number of carbonyl (C=O) groups is 1. The van der Waals surface area contributed by atoms with Crippen molar-refractivity contribution in [2.75, 3.05) is 6.26 Å². The molecule has 0 fully saturated rings. The lowest BCUT2D eigenvalue weighted by atomic mass is 9.95. The highest BCUT2D eigenvalue weighted by Gasteiger charge is 2.15. The van der Waals surface area contributed by atoms with E-state index in [1.807, 2.05) is 37.4 Å².